The van der Waals surface area contributed by atoms with Gasteiger partial charge in [-0.2, -0.15) is 0 Å². The van der Waals surface area contributed by atoms with E-state index in [0.717, 1.165) is 11.3 Å². The molecule has 2 N–H and O–H groups in total. The SMILES string of the molecule is COC(=O)c1sc2nc(/C(Cl)=C/c3cc(Cl)c(O)c(OC)c3)[nH]c(=O)c2c1C. The Bertz CT molecular complexity index is 1180. The molecule has 0 radical (unpaired) electrons. The minimum atomic E-state index is -0.533. The summed E-state index contributed by atoms with van der Waals surface area (Å²) in [7, 11) is 2.66. The van der Waals surface area contributed by atoms with Gasteiger partial charge in [0.2, 0.25) is 0 Å². The number of esters is 1. The molecule has 0 bridgehead atoms. The lowest BCUT2D eigenvalue weighted by molar-refractivity contribution is 0.0605. The molecule has 0 aliphatic rings. The number of ether oxygens (including phenoxy) is 2. The van der Waals surface area contributed by atoms with Crippen molar-refractivity contribution in [2.24, 2.45) is 0 Å². The van der Waals surface area contributed by atoms with Crippen molar-refractivity contribution in [1.82, 2.24) is 9.97 Å². The predicted octanol–water partition coefficient (Wildman–Crippen LogP) is 4.18. The number of halogens is 2. The second-order valence-corrected chi connectivity index (χ2v) is 7.50. The number of fused-ring (bicyclic) bond motifs is 1. The van der Waals surface area contributed by atoms with Crippen LogP contribution in [0.4, 0.5) is 0 Å². The Hall–Kier alpha value is -2.55. The van der Waals surface area contributed by atoms with Crippen molar-refractivity contribution in [3.8, 4) is 11.5 Å². The molecule has 0 spiro atoms. The number of aryl methyl sites for hydroxylation is 1. The summed E-state index contributed by atoms with van der Waals surface area (Å²) in [4.78, 5) is 32.0. The summed E-state index contributed by atoms with van der Waals surface area (Å²) >= 11 is 13.4. The van der Waals surface area contributed by atoms with Crippen LogP contribution in [0.25, 0.3) is 21.3 Å². The highest BCUT2D eigenvalue weighted by Crippen LogP contribution is 2.36. The molecule has 0 fully saturated rings. The van der Waals surface area contributed by atoms with E-state index >= 15 is 0 Å². The van der Waals surface area contributed by atoms with Crippen LogP contribution in [0, 0.1) is 6.92 Å². The number of benzene rings is 1. The first-order valence-electron chi connectivity index (χ1n) is 7.82. The first-order chi connectivity index (χ1) is 13.3. The molecule has 28 heavy (non-hydrogen) atoms. The summed E-state index contributed by atoms with van der Waals surface area (Å²) in [5.41, 5.74) is 0.615. The van der Waals surface area contributed by atoms with Gasteiger partial charge in [0.25, 0.3) is 5.56 Å². The molecule has 3 rings (SSSR count). The number of carbonyl (C=O) groups is 1. The molecule has 0 atom stereocenters. The van der Waals surface area contributed by atoms with Gasteiger partial charge in [-0.05, 0) is 36.3 Å². The first-order valence-corrected chi connectivity index (χ1v) is 9.39. The zero-order chi connectivity index (χ0) is 20.6. The van der Waals surface area contributed by atoms with Crippen LogP contribution in [0.3, 0.4) is 0 Å². The van der Waals surface area contributed by atoms with E-state index in [0.29, 0.717) is 26.2 Å². The van der Waals surface area contributed by atoms with Crippen molar-refractivity contribution in [2.45, 2.75) is 6.92 Å². The Morgan fingerprint density at radius 1 is 1.36 bits per heavy atom. The van der Waals surface area contributed by atoms with Gasteiger partial charge in [0.15, 0.2) is 17.3 Å². The molecule has 146 valence electrons. The highest BCUT2D eigenvalue weighted by molar-refractivity contribution is 7.20. The number of carbonyl (C=O) groups excluding carboxylic acids is 1. The molecule has 0 aliphatic carbocycles. The van der Waals surface area contributed by atoms with Crippen LogP contribution in [0.2, 0.25) is 5.02 Å². The molecule has 0 saturated carbocycles. The van der Waals surface area contributed by atoms with E-state index < -0.39 is 11.5 Å². The number of thiophene rings is 1. The summed E-state index contributed by atoms with van der Waals surface area (Å²) in [5, 5.41) is 10.3. The minimum Gasteiger partial charge on any atom is -0.503 e. The highest BCUT2D eigenvalue weighted by Gasteiger charge is 2.20. The average molecular weight is 441 g/mol. The van der Waals surface area contributed by atoms with Crippen molar-refractivity contribution in [1.29, 1.82) is 0 Å². The first kappa shape index (κ1) is 20.2. The maximum Gasteiger partial charge on any atom is 0.348 e. The van der Waals surface area contributed by atoms with Gasteiger partial charge in [0.05, 0.1) is 29.7 Å². The van der Waals surface area contributed by atoms with Crippen LogP contribution >= 0.6 is 34.5 Å². The highest BCUT2D eigenvalue weighted by atomic mass is 35.5. The Morgan fingerprint density at radius 2 is 2.07 bits per heavy atom. The van der Waals surface area contributed by atoms with Crippen LogP contribution in [0.5, 0.6) is 11.5 Å². The number of phenols is 1. The Morgan fingerprint density at radius 3 is 2.71 bits per heavy atom. The summed E-state index contributed by atoms with van der Waals surface area (Å²) in [6.45, 7) is 1.66. The average Bonchev–Trinajstić information content (AvgIpc) is 3.00. The molecule has 0 amide bonds. The lowest BCUT2D eigenvalue weighted by Gasteiger charge is -2.07. The number of rotatable bonds is 4. The number of phenolic OH excluding ortho intramolecular Hbond substituents is 1. The van der Waals surface area contributed by atoms with E-state index in [1.165, 1.54) is 32.4 Å². The van der Waals surface area contributed by atoms with Gasteiger partial charge in [0.1, 0.15) is 9.71 Å². The molecule has 0 unspecified atom stereocenters. The monoisotopic (exact) mass is 440 g/mol. The van der Waals surface area contributed by atoms with Crippen LogP contribution in [-0.2, 0) is 4.74 Å². The van der Waals surface area contributed by atoms with E-state index in [1.54, 1.807) is 6.92 Å². The molecule has 3 aromatic rings. The maximum atomic E-state index is 12.5. The number of hydrogen-bond acceptors (Lipinski definition) is 7. The molecule has 0 aliphatic heterocycles. The fraction of sp³-hybridized carbons (Fsp3) is 0.167. The van der Waals surface area contributed by atoms with Crippen LogP contribution < -0.4 is 10.3 Å². The number of aromatic nitrogens is 2. The fourth-order valence-corrected chi connectivity index (χ4v) is 4.13. The smallest absolute Gasteiger partial charge is 0.348 e. The van der Waals surface area contributed by atoms with Gasteiger partial charge in [-0.15, -0.1) is 11.3 Å². The van der Waals surface area contributed by atoms with E-state index in [9.17, 15) is 14.7 Å². The normalized spacial score (nSPS) is 11.7. The van der Waals surface area contributed by atoms with Crippen LogP contribution in [-0.4, -0.2) is 35.3 Å². The number of nitrogens with one attached hydrogen (secondary N) is 1. The van der Waals surface area contributed by atoms with Gasteiger partial charge in [-0.25, -0.2) is 9.78 Å². The lowest BCUT2D eigenvalue weighted by atomic mass is 10.2. The van der Waals surface area contributed by atoms with Crippen molar-refractivity contribution in [3.63, 3.8) is 0 Å². The summed E-state index contributed by atoms with van der Waals surface area (Å²) < 4.78 is 9.79. The number of methoxy groups -OCH3 is 2. The Kier molecular flexibility index (Phi) is 5.64. The zero-order valence-electron chi connectivity index (χ0n) is 14.9. The minimum absolute atomic E-state index is 0.0866. The second kappa shape index (κ2) is 7.83. The van der Waals surface area contributed by atoms with Crippen molar-refractivity contribution in [2.75, 3.05) is 14.2 Å². The molecule has 0 saturated heterocycles. The predicted molar refractivity (Wildman–Crippen MR) is 110 cm³/mol. The van der Waals surface area contributed by atoms with Gasteiger partial charge in [-0.3, -0.25) is 4.79 Å². The number of aromatic amines is 1. The quantitative estimate of drug-likeness (QED) is 0.589. The number of hydrogen-bond donors (Lipinski definition) is 2. The van der Waals surface area contributed by atoms with E-state index in [2.05, 4.69) is 9.97 Å². The second-order valence-electron chi connectivity index (χ2n) is 5.69. The third kappa shape index (κ3) is 3.58. The number of aromatic hydroxyl groups is 1. The van der Waals surface area contributed by atoms with Gasteiger partial charge in [-0.1, -0.05) is 23.2 Å². The third-order valence-corrected chi connectivity index (χ3v) is 5.70. The van der Waals surface area contributed by atoms with Gasteiger partial charge < -0.3 is 19.6 Å². The molecule has 7 nitrogen and oxygen atoms in total. The fourth-order valence-electron chi connectivity index (χ4n) is 2.59. The van der Waals surface area contributed by atoms with Crippen molar-refractivity contribution < 1.29 is 19.4 Å². The molecule has 2 aromatic heterocycles. The largest absolute Gasteiger partial charge is 0.503 e. The number of nitrogens with zero attached hydrogens (tertiary/aromatic N) is 1. The van der Waals surface area contributed by atoms with Crippen molar-refractivity contribution >= 4 is 61.8 Å². The third-order valence-electron chi connectivity index (χ3n) is 3.96. The number of H-pyrrole nitrogens is 1. The van der Waals surface area contributed by atoms with Gasteiger partial charge in [0, 0.05) is 0 Å². The van der Waals surface area contributed by atoms with E-state index in [1.807, 2.05) is 0 Å². The summed E-state index contributed by atoms with van der Waals surface area (Å²) in [6, 6.07) is 3.02. The molecule has 1 aromatic carbocycles. The van der Waals surface area contributed by atoms with Gasteiger partial charge >= 0.3 is 5.97 Å². The van der Waals surface area contributed by atoms with Crippen molar-refractivity contribution in [3.05, 3.63) is 49.3 Å². The summed E-state index contributed by atoms with van der Waals surface area (Å²) in [5.74, 6) is -0.416. The Balaban J connectivity index is 2.11. The molecule has 2 heterocycles. The van der Waals surface area contributed by atoms with E-state index in [-0.39, 0.29) is 27.4 Å². The summed E-state index contributed by atoms with van der Waals surface area (Å²) in [6.07, 6.45) is 1.52. The lowest BCUT2D eigenvalue weighted by Crippen LogP contribution is -2.10. The molecular formula is C18H14Cl2N2O5S. The zero-order valence-corrected chi connectivity index (χ0v) is 17.3. The standard InChI is InChI=1S/C18H14Cl2N2O5S/c1-7-12-16(24)21-15(22-17(12)28-14(7)18(25)27-3)10(20)5-8-4-9(19)13(23)11(6-8)26-2/h4-6,23H,1-3H3,(H,21,22,24)/b10-5-. The maximum absolute atomic E-state index is 12.5. The molecular weight excluding hydrogens is 427 g/mol. The van der Waals surface area contributed by atoms with Crippen LogP contribution in [0.1, 0.15) is 26.6 Å². The Labute approximate surface area is 173 Å². The van der Waals surface area contributed by atoms with E-state index in [4.69, 9.17) is 32.7 Å². The topological polar surface area (TPSA) is 102 Å². The molecule has 10 heteroatoms. The van der Waals surface area contributed by atoms with Crippen LogP contribution in [0.15, 0.2) is 16.9 Å².